The van der Waals surface area contributed by atoms with Crippen molar-refractivity contribution in [3.63, 3.8) is 0 Å². The number of benzene rings is 3. The van der Waals surface area contributed by atoms with Crippen molar-refractivity contribution >= 4 is 33.3 Å². The summed E-state index contributed by atoms with van der Waals surface area (Å²) < 4.78 is 29.4. The van der Waals surface area contributed by atoms with Gasteiger partial charge in [-0.15, -0.1) is 10.2 Å². The van der Waals surface area contributed by atoms with Gasteiger partial charge in [0, 0.05) is 11.3 Å². The molecule has 6 nitrogen and oxygen atoms in total. The van der Waals surface area contributed by atoms with Gasteiger partial charge in [0.1, 0.15) is 17.1 Å². The molecule has 0 aliphatic carbocycles. The van der Waals surface area contributed by atoms with Crippen molar-refractivity contribution in [2.24, 2.45) is 5.41 Å². The molecule has 5 rings (SSSR count). The maximum absolute atomic E-state index is 14.3. The fourth-order valence-corrected chi connectivity index (χ4v) is 4.79. The third-order valence-corrected chi connectivity index (χ3v) is 6.67. The Morgan fingerprint density at radius 3 is 2.49 bits per heavy atom. The molecule has 0 aliphatic rings. The van der Waals surface area contributed by atoms with Crippen molar-refractivity contribution in [1.29, 1.82) is 0 Å². The maximum atomic E-state index is 14.3. The summed E-state index contributed by atoms with van der Waals surface area (Å²) in [6.07, 6.45) is 1.72. The van der Waals surface area contributed by atoms with E-state index in [4.69, 9.17) is 0 Å². The summed E-state index contributed by atoms with van der Waals surface area (Å²) in [7, 11) is 0. The van der Waals surface area contributed by atoms with Crippen molar-refractivity contribution < 1.29 is 13.6 Å². The molecule has 2 aromatic heterocycles. The number of anilines is 1. The molecule has 0 saturated carbocycles. The van der Waals surface area contributed by atoms with Crippen LogP contribution in [0.3, 0.4) is 0 Å². The maximum Gasteiger partial charge on any atom is 0.232 e. The van der Waals surface area contributed by atoms with Gasteiger partial charge in [0.2, 0.25) is 11.0 Å². The first-order valence-electron chi connectivity index (χ1n) is 10.9. The van der Waals surface area contributed by atoms with E-state index < -0.39 is 11.3 Å². The highest BCUT2D eigenvalue weighted by molar-refractivity contribution is 7.13. The Bertz CT molecular complexity index is 1500. The van der Waals surface area contributed by atoms with Gasteiger partial charge in [-0.1, -0.05) is 43.4 Å². The van der Waals surface area contributed by atoms with Gasteiger partial charge in [0.15, 0.2) is 0 Å². The molecule has 0 saturated heterocycles. The van der Waals surface area contributed by atoms with Crippen LogP contribution in [0.2, 0.25) is 0 Å². The second kappa shape index (κ2) is 8.99. The normalized spacial score (nSPS) is 12.6. The highest BCUT2D eigenvalue weighted by Crippen LogP contribution is 2.43. The number of aromatic nitrogens is 4. The Hall–Kier alpha value is -3.98. The van der Waals surface area contributed by atoms with Crippen LogP contribution in [-0.4, -0.2) is 25.9 Å². The molecule has 0 bridgehead atoms. The topological polar surface area (TPSA) is 72.7 Å². The highest BCUT2D eigenvalue weighted by Gasteiger charge is 2.39. The summed E-state index contributed by atoms with van der Waals surface area (Å²) in [5.74, 6) is -1.42. The number of hydrogen-bond donors (Lipinski definition) is 1. The van der Waals surface area contributed by atoms with E-state index in [1.54, 1.807) is 34.6 Å². The van der Waals surface area contributed by atoms with Crippen molar-refractivity contribution in [2.75, 3.05) is 5.32 Å². The Balaban J connectivity index is 1.59. The van der Waals surface area contributed by atoms with Crippen LogP contribution in [-0.2, 0) is 4.79 Å². The van der Waals surface area contributed by atoms with E-state index in [-0.39, 0.29) is 17.5 Å². The van der Waals surface area contributed by atoms with Crippen LogP contribution < -0.4 is 5.32 Å². The van der Waals surface area contributed by atoms with Crippen LogP contribution in [0.15, 0.2) is 78.4 Å². The molecule has 1 N–H and O–H groups in total. The SMILES string of the molecule is CC(C)(C(=O)Nc1nncs1)C(c1cccc(F)c1)c1ccc2c(cnn2-c2ccc(F)cc2)c1. The van der Waals surface area contributed by atoms with Gasteiger partial charge >= 0.3 is 0 Å². The molecule has 0 fully saturated rings. The predicted molar refractivity (Wildman–Crippen MR) is 132 cm³/mol. The van der Waals surface area contributed by atoms with E-state index in [0.717, 1.165) is 22.2 Å². The zero-order valence-corrected chi connectivity index (χ0v) is 19.8. The van der Waals surface area contributed by atoms with Crippen LogP contribution in [0.4, 0.5) is 13.9 Å². The number of nitrogens with one attached hydrogen (secondary N) is 1. The van der Waals surface area contributed by atoms with E-state index in [2.05, 4.69) is 20.6 Å². The average Bonchev–Trinajstić information content (AvgIpc) is 3.49. The molecule has 9 heteroatoms. The van der Waals surface area contributed by atoms with Gasteiger partial charge in [-0.25, -0.2) is 13.5 Å². The number of halogens is 2. The fraction of sp³-hybridized carbons (Fsp3) is 0.154. The lowest BCUT2D eigenvalue weighted by atomic mass is 9.70. The molecule has 176 valence electrons. The number of amides is 1. The first kappa shape index (κ1) is 22.8. The van der Waals surface area contributed by atoms with Crippen molar-refractivity contribution in [1.82, 2.24) is 20.0 Å². The van der Waals surface area contributed by atoms with Crippen molar-refractivity contribution in [3.05, 3.63) is 101 Å². The molecule has 3 aromatic carbocycles. The van der Waals surface area contributed by atoms with Crippen molar-refractivity contribution in [3.8, 4) is 5.69 Å². The van der Waals surface area contributed by atoms with E-state index in [1.165, 1.54) is 35.6 Å². The molecular weight excluding hydrogens is 468 g/mol. The summed E-state index contributed by atoms with van der Waals surface area (Å²) >= 11 is 1.23. The Labute approximate surface area is 204 Å². The number of carbonyl (C=O) groups excluding carboxylic acids is 1. The van der Waals surface area contributed by atoms with Crippen LogP contribution >= 0.6 is 11.3 Å². The number of nitrogens with zero attached hydrogens (tertiary/aromatic N) is 4. The minimum Gasteiger partial charge on any atom is -0.300 e. The fourth-order valence-electron chi connectivity index (χ4n) is 4.35. The zero-order chi connectivity index (χ0) is 24.6. The lowest BCUT2D eigenvalue weighted by molar-refractivity contribution is -0.124. The zero-order valence-electron chi connectivity index (χ0n) is 18.9. The van der Waals surface area contributed by atoms with E-state index in [1.807, 2.05) is 38.1 Å². The smallest absolute Gasteiger partial charge is 0.232 e. The Morgan fingerprint density at radius 2 is 1.77 bits per heavy atom. The summed E-state index contributed by atoms with van der Waals surface area (Å²) in [6, 6.07) is 18.2. The van der Waals surface area contributed by atoms with E-state index in [0.29, 0.717) is 10.7 Å². The molecule has 1 amide bonds. The summed E-state index contributed by atoms with van der Waals surface area (Å²) in [6.45, 7) is 3.65. The van der Waals surface area contributed by atoms with Crippen molar-refractivity contribution in [2.45, 2.75) is 19.8 Å². The van der Waals surface area contributed by atoms with Gasteiger partial charge in [0.25, 0.3) is 0 Å². The van der Waals surface area contributed by atoms with Crippen LogP contribution in [0.5, 0.6) is 0 Å². The molecule has 0 spiro atoms. The second-order valence-electron chi connectivity index (χ2n) is 8.76. The Morgan fingerprint density at radius 1 is 1.00 bits per heavy atom. The summed E-state index contributed by atoms with van der Waals surface area (Å²) in [4.78, 5) is 13.4. The average molecular weight is 490 g/mol. The monoisotopic (exact) mass is 489 g/mol. The lowest BCUT2D eigenvalue weighted by Gasteiger charge is -2.33. The lowest BCUT2D eigenvalue weighted by Crippen LogP contribution is -2.37. The summed E-state index contributed by atoms with van der Waals surface area (Å²) in [5.41, 5.74) is 3.63. The standard InChI is InChI=1S/C26H21F2N5OS/c1-26(2,24(34)31-25-32-29-15-35-25)23(16-4-3-5-20(28)13-16)17-6-11-22-18(12-17)14-30-33(22)21-9-7-19(27)8-10-21/h3-15,23H,1-2H3,(H,31,32,34). The summed E-state index contributed by atoms with van der Waals surface area (Å²) in [5, 5.41) is 16.2. The molecule has 0 radical (unpaired) electrons. The molecule has 35 heavy (non-hydrogen) atoms. The minimum absolute atomic E-state index is 0.259. The first-order chi connectivity index (χ1) is 16.8. The van der Waals surface area contributed by atoms with Gasteiger partial charge < -0.3 is 5.32 Å². The number of fused-ring (bicyclic) bond motifs is 1. The van der Waals surface area contributed by atoms with Crippen LogP contribution in [0.1, 0.15) is 30.9 Å². The highest BCUT2D eigenvalue weighted by atomic mass is 32.1. The molecule has 0 aliphatic heterocycles. The number of carbonyl (C=O) groups is 1. The van der Waals surface area contributed by atoms with Gasteiger partial charge in [-0.3, -0.25) is 4.79 Å². The number of rotatable bonds is 6. The largest absolute Gasteiger partial charge is 0.300 e. The minimum atomic E-state index is -0.972. The predicted octanol–water partition coefficient (Wildman–Crippen LogP) is 5.95. The molecule has 1 unspecified atom stereocenters. The quantitative estimate of drug-likeness (QED) is 0.320. The van der Waals surface area contributed by atoms with Gasteiger partial charge in [-0.2, -0.15) is 5.10 Å². The van der Waals surface area contributed by atoms with Gasteiger partial charge in [0.05, 0.1) is 22.8 Å². The molecule has 2 heterocycles. The third kappa shape index (κ3) is 4.42. The number of hydrogen-bond acceptors (Lipinski definition) is 5. The molecule has 5 aromatic rings. The van der Waals surface area contributed by atoms with Crippen LogP contribution in [0.25, 0.3) is 16.6 Å². The third-order valence-electron chi connectivity index (χ3n) is 6.07. The van der Waals surface area contributed by atoms with Gasteiger partial charge in [-0.05, 0) is 59.7 Å². The van der Waals surface area contributed by atoms with E-state index in [9.17, 15) is 13.6 Å². The first-order valence-corrected chi connectivity index (χ1v) is 11.8. The second-order valence-corrected chi connectivity index (χ2v) is 9.59. The molecule has 1 atom stereocenters. The molecular formula is C26H21F2N5OS. The van der Waals surface area contributed by atoms with E-state index >= 15 is 0 Å². The Kier molecular flexibility index (Phi) is 5.86. The van der Waals surface area contributed by atoms with Crippen LogP contribution in [0, 0.1) is 17.0 Å².